The number of hydrogen-bond donors (Lipinski definition) is 0. The zero-order valence-corrected chi connectivity index (χ0v) is 11.1. The van der Waals surface area contributed by atoms with Crippen LogP contribution in [0.5, 0.6) is 5.75 Å². The summed E-state index contributed by atoms with van der Waals surface area (Å²) in [5.41, 5.74) is 3.35. The molecule has 0 amide bonds. The van der Waals surface area contributed by atoms with Crippen molar-refractivity contribution < 1.29 is 4.74 Å². The Morgan fingerprint density at radius 2 is 1.95 bits per heavy atom. The van der Waals surface area contributed by atoms with Gasteiger partial charge in [0.25, 0.3) is 0 Å². The highest BCUT2D eigenvalue weighted by Crippen LogP contribution is 2.22. The molecule has 0 saturated heterocycles. The molecule has 0 fully saturated rings. The van der Waals surface area contributed by atoms with E-state index in [4.69, 9.17) is 10.00 Å². The van der Waals surface area contributed by atoms with E-state index in [-0.39, 0.29) is 0 Å². The second-order valence-electron chi connectivity index (χ2n) is 4.38. The molecule has 0 atom stereocenters. The largest absolute Gasteiger partial charge is 0.494 e. The van der Waals surface area contributed by atoms with Crippen molar-refractivity contribution in [3.63, 3.8) is 0 Å². The lowest BCUT2D eigenvalue weighted by atomic mass is 10.2. The van der Waals surface area contributed by atoms with Crippen molar-refractivity contribution in [1.82, 2.24) is 9.38 Å². The van der Waals surface area contributed by atoms with E-state index in [0.29, 0.717) is 12.2 Å². The number of hydrogen-bond acceptors (Lipinski definition) is 3. The first-order chi connectivity index (χ1) is 9.80. The molecule has 0 unspecified atom stereocenters. The number of imidazole rings is 1. The lowest BCUT2D eigenvalue weighted by molar-refractivity contribution is 0.340. The van der Waals surface area contributed by atoms with E-state index in [9.17, 15) is 0 Å². The summed E-state index contributed by atoms with van der Waals surface area (Å²) in [6.45, 7) is 2.62. The first kappa shape index (κ1) is 12.2. The number of pyridine rings is 1. The van der Waals surface area contributed by atoms with Gasteiger partial charge in [-0.3, -0.25) is 0 Å². The van der Waals surface area contributed by atoms with Gasteiger partial charge in [0.2, 0.25) is 0 Å². The summed E-state index contributed by atoms with van der Waals surface area (Å²) in [6.07, 6.45) is 3.70. The maximum Gasteiger partial charge on any atom is 0.137 e. The SMILES string of the molecule is CCOc1ccc(-c2cn3cc(C#N)ccc3n2)cc1. The predicted octanol–water partition coefficient (Wildman–Crippen LogP) is 3.27. The van der Waals surface area contributed by atoms with Gasteiger partial charge in [0.1, 0.15) is 17.5 Å². The molecule has 0 N–H and O–H groups in total. The van der Waals surface area contributed by atoms with E-state index in [1.165, 1.54) is 0 Å². The Kier molecular flexibility index (Phi) is 3.10. The Morgan fingerprint density at radius 3 is 2.65 bits per heavy atom. The first-order valence-corrected chi connectivity index (χ1v) is 6.42. The maximum atomic E-state index is 8.90. The van der Waals surface area contributed by atoms with Crippen LogP contribution >= 0.6 is 0 Å². The maximum absolute atomic E-state index is 8.90. The van der Waals surface area contributed by atoms with Gasteiger partial charge in [-0.15, -0.1) is 0 Å². The van der Waals surface area contributed by atoms with Crippen LogP contribution < -0.4 is 4.74 Å². The molecule has 3 aromatic rings. The van der Waals surface area contributed by atoms with Gasteiger partial charge in [-0.05, 0) is 43.3 Å². The topological polar surface area (TPSA) is 50.3 Å². The third-order valence-electron chi connectivity index (χ3n) is 3.04. The standard InChI is InChI=1S/C16H13N3O/c1-2-20-14-6-4-13(5-7-14)15-11-19-10-12(9-17)3-8-16(19)18-15/h3-8,10-11H,2H2,1H3. The molecular formula is C16H13N3O. The van der Waals surface area contributed by atoms with Crippen LogP contribution in [-0.2, 0) is 0 Å². The lowest BCUT2D eigenvalue weighted by Crippen LogP contribution is -1.90. The molecule has 0 bridgehead atoms. The lowest BCUT2D eigenvalue weighted by Gasteiger charge is -2.02. The van der Waals surface area contributed by atoms with Crippen molar-refractivity contribution in [2.24, 2.45) is 0 Å². The van der Waals surface area contributed by atoms with Crippen LogP contribution in [0.3, 0.4) is 0 Å². The molecule has 0 aliphatic rings. The second-order valence-corrected chi connectivity index (χ2v) is 4.38. The van der Waals surface area contributed by atoms with Gasteiger partial charge in [-0.2, -0.15) is 5.26 Å². The number of benzene rings is 1. The van der Waals surface area contributed by atoms with E-state index in [1.807, 2.05) is 47.9 Å². The molecule has 3 rings (SSSR count). The summed E-state index contributed by atoms with van der Waals surface area (Å²) in [6, 6.07) is 13.6. The normalized spacial score (nSPS) is 10.4. The highest BCUT2D eigenvalue weighted by molar-refractivity contribution is 5.63. The molecule has 1 aromatic carbocycles. The minimum Gasteiger partial charge on any atom is -0.494 e. The van der Waals surface area contributed by atoms with Crippen LogP contribution in [0.25, 0.3) is 16.9 Å². The van der Waals surface area contributed by atoms with Crippen molar-refractivity contribution >= 4 is 5.65 Å². The quantitative estimate of drug-likeness (QED) is 0.728. The first-order valence-electron chi connectivity index (χ1n) is 6.42. The second kappa shape index (κ2) is 5.06. The molecule has 0 radical (unpaired) electrons. The summed E-state index contributed by atoms with van der Waals surface area (Å²) in [4.78, 5) is 4.55. The van der Waals surface area contributed by atoms with Gasteiger partial charge in [0.15, 0.2) is 0 Å². The molecule has 2 heterocycles. The molecule has 4 heteroatoms. The molecule has 98 valence electrons. The summed E-state index contributed by atoms with van der Waals surface area (Å²) in [5.74, 6) is 0.854. The van der Waals surface area contributed by atoms with Crippen LogP contribution in [-0.4, -0.2) is 16.0 Å². The van der Waals surface area contributed by atoms with Crippen molar-refractivity contribution in [2.75, 3.05) is 6.61 Å². The van der Waals surface area contributed by atoms with Crippen LogP contribution in [0.15, 0.2) is 48.8 Å². The van der Waals surface area contributed by atoms with Crippen molar-refractivity contribution in [3.05, 3.63) is 54.4 Å². The number of nitriles is 1. The van der Waals surface area contributed by atoms with Crippen molar-refractivity contribution in [3.8, 4) is 23.1 Å². The third-order valence-corrected chi connectivity index (χ3v) is 3.04. The molecule has 0 saturated carbocycles. The molecule has 0 aliphatic heterocycles. The molecule has 4 nitrogen and oxygen atoms in total. The fourth-order valence-corrected chi connectivity index (χ4v) is 2.09. The van der Waals surface area contributed by atoms with Crippen LogP contribution in [0, 0.1) is 11.3 Å². The average molecular weight is 263 g/mol. The van der Waals surface area contributed by atoms with Gasteiger partial charge in [0.05, 0.1) is 17.9 Å². The van der Waals surface area contributed by atoms with Gasteiger partial charge in [0, 0.05) is 18.0 Å². The highest BCUT2D eigenvalue weighted by atomic mass is 16.5. The summed E-state index contributed by atoms with van der Waals surface area (Å²) >= 11 is 0. The van der Waals surface area contributed by atoms with E-state index in [0.717, 1.165) is 22.7 Å². The monoisotopic (exact) mass is 263 g/mol. The zero-order chi connectivity index (χ0) is 13.9. The van der Waals surface area contributed by atoms with E-state index in [1.54, 1.807) is 12.3 Å². The molecular weight excluding hydrogens is 250 g/mol. The number of rotatable bonds is 3. The summed E-state index contributed by atoms with van der Waals surface area (Å²) < 4.78 is 7.29. The van der Waals surface area contributed by atoms with E-state index < -0.39 is 0 Å². The van der Waals surface area contributed by atoms with Crippen LogP contribution in [0.2, 0.25) is 0 Å². The fraction of sp³-hybridized carbons (Fsp3) is 0.125. The Balaban J connectivity index is 1.99. The number of fused-ring (bicyclic) bond motifs is 1. The van der Waals surface area contributed by atoms with Gasteiger partial charge >= 0.3 is 0 Å². The van der Waals surface area contributed by atoms with Crippen LogP contribution in [0.4, 0.5) is 0 Å². The molecule has 2 aromatic heterocycles. The van der Waals surface area contributed by atoms with E-state index in [2.05, 4.69) is 11.1 Å². The minimum atomic E-state index is 0.619. The smallest absolute Gasteiger partial charge is 0.137 e. The number of nitrogens with zero attached hydrogens (tertiary/aromatic N) is 3. The Bertz CT molecular complexity index is 782. The highest BCUT2D eigenvalue weighted by Gasteiger charge is 2.05. The predicted molar refractivity (Wildman–Crippen MR) is 76.5 cm³/mol. The van der Waals surface area contributed by atoms with E-state index >= 15 is 0 Å². The molecule has 20 heavy (non-hydrogen) atoms. The molecule has 0 aliphatic carbocycles. The third kappa shape index (κ3) is 2.21. The average Bonchev–Trinajstić information content (AvgIpc) is 2.91. The van der Waals surface area contributed by atoms with Crippen LogP contribution in [0.1, 0.15) is 12.5 Å². The van der Waals surface area contributed by atoms with Crippen molar-refractivity contribution in [1.29, 1.82) is 5.26 Å². The Morgan fingerprint density at radius 1 is 1.15 bits per heavy atom. The fourth-order valence-electron chi connectivity index (χ4n) is 2.09. The number of aromatic nitrogens is 2. The zero-order valence-electron chi connectivity index (χ0n) is 11.1. The summed E-state index contributed by atoms with van der Waals surface area (Å²) in [7, 11) is 0. The Labute approximate surface area is 116 Å². The van der Waals surface area contributed by atoms with Gasteiger partial charge in [-0.1, -0.05) is 0 Å². The van der Waals surface area contributed by atoms with Gasteiger partial charge < -0.3 is 9.14 Å². The van der Waals surface area contributed by atoms with Gasteiger partial charge in [-0.25, -0.2) is 4.98 Å². The molecule has 0 spiro atoms. The van der Waals surface area contributed by atoms with Crippen molar-refractivity contribution in [2.45, 2.75) is 6.92 Å². The number of ether oxygens (including phenoxy) is 1. The summed E-state index contributed by atoms with van der Waals surface area (Å²) in [5, 5.41) is 8.90. The minimum absolute atomic E-state index is 0.619. The Hall–Kier alpha value is -2.80.